The number of hydrogen-bond donors (Lipinski definition) is 1. The Kier molecular flexibility index (Phi) is 4.88. The first-order chi connectivity index (χ1) is 15.3. The van der Waals surface area contributed by atoms with Gasteiger partial charge in [0.05, 0.1) is 22.4 Å². The summed E-state index contributed by atoms with van der Waals surface area (Å²) in [7, 11) is 1.77. The van der Waals surface area contributed by atoms with Crippen LogP contribution in [0.2, 0.25) is 5.02 Å². The molecule has 2 aromatic rings. The molecule has 1 atom stereocenters. The number of hydrogen-bond acceptors (Lipinski definition) is 5. The maximum atomic E-state index is 14.1. The van der Waals surface area contributed by atoms with Gasteiger partial charge in [0.15, 0.2) is 11.5 Å². The van der Waals surface area contributed by atoms with Gasteiger partial charge in [0.2, 0.25) is 0 Å². The van der Waals surface area contributed by atoms with Crippen LogP contribution in [0.1, 0.15) is 49.3 Å². The first-order valence-corrected chi connectivity index (χ1v) is 11.2. The maximum absolute atomic E-state index is 14.1. The van der Waals surface area contributed by atoms with Gasteiger partial charge in [-0.05, 0) is 73.9 Å². The van der Waals surface area contributed by atoms with Crippen LogP contribution in [0.25, 0.3) is 11.1 Å². The van der Waals surface area contributed by atoms with Crippen molar-refractivity contribution in [3.05, 3.63) is 57.9 Å². The summed E-state index contributed by atoms with van der Waals surface area (Å²) in [6, 6.07) is 11.1. The van der Waals surface area contributed by atoms with Gasteiger partial charge in [-0.1, -0.05) is 23.7 Å². The Balaban J connectivity index is 1.66. The van der Waals surface area contributed by atoms with E-state index in [9.17, 15) is 9.65 Å². The number of amidine groups is 1. The van der Waals surface area contributed by atoms with Crippen LogP contribution in [-0.4, -0.2) is 24.8 Å². The normalized spacial score (nSPS) is 28.5. The third-order valence-corrected chi connectivity index (χ3v) is 7.72. The van der Waals surface area contributed by atoms with Crippen LogP contribution >= 0.6 is 11.6 Å². The van der Waals surface area contributed by atoms with Gasteiger partial charge in [0.25, 0.3) is 0 Å². The Bertz CT molecular complexity index is 1200. The molecule has 164 valence electrons. The predicted molar refractivity (Wildman–Crippen MR) is 123 cm³/mol. The number of nitrogens with two attached hydrogens (primary N) is 1. The minimum Gasteiger partial charge on any atom is -0.382 e. The average Bonchev–Trinajstić information content (AvgIpc) is 3.23. The molecule has 2 aliphatic carbocycles. The summed E-state index contributed by atoms with van der Waals surface area (Å²) in [5.74, 6) is -0.217. The van der Waals surface area contributed by atoms with Gasteiger partial charge in [0, 0.05) is 18.1 Å². The number of benzene rings is 2. The second-order valence-corrected chi connectivity index (χ2v) is 9.47. The number of nitriles is 1. The van der Waals surface area contributed by atoms with E-state index in [1.807, 2.05) is 19.1 Å². The molecular weight excluding hydrogens is 427 g/mol. The van der Waals surface area contributed by atoms with Crippen molar-refractivity contribution in [1.29, 1.82) is 5.26 Å². The molecule has 1 saturated carbocycles. The van der Waals surface area contributed by atoms with E-state index < -0.39 is 11.5 Å². The van der Waals surface area contributed by atoms with Gasteiger partial charge in [-0.15, -0.1) is 0 Å². The molecular formula is C25H24ClFN4O. The molecule has 3 aliphatic rings. The number of methoxy groups -OCH3 is 1. The van der Waals surface area contributed by atoms with Gasteiger partial charge >= 0.3 is 0 Å². The zero-order valence-corrected chi connectivity index (χ0v) is 18.8. The lowest BCUT2D eigenvalue weighted by atomic mass is 9.65. The average molecular weight is 451 g/mol. The van der Waals surface area contributed by atoms with Crippen molar-refractivity contribution in [2.45, 2.75) is 50.8 Å². The predicted octanol–water partition coefficient (Wildman–Crippen LogP) is 5.13. The van der Waals surface area contributed by atoms with Gasteiger partial charge < -0.3 is 10.5 Å². The highest BCUT2D eigenvalue weighted by Crippen LogP contribution is 2.62. The fraction of sp³-hybridized carbons (Fsp3) is 0.400. The first-order valence-electron chi connectivity index (χ1n) is 10.8. The van der Waals surface area contributed by atoms with Crippen molar-refractivity contribution in [2.75, 3.05) is 7.11 Å². The van der Waals surface area contributed by atoms with Crippen molar-refractivity contribution in [3.63, 3.8) is 0 Å². The minimum atomic E-state index is -0.757. The molecule has 7 heteroatoms. The van der Waals surface area contributed by atoms with Crippen LogP contribution < -0.4 is 5.73 Å². The van der Waals surface area contributed by atoms with Gasteiger partial charge in [-0.3, -0.25) is 4.99 Å². The van der Waals surface area contributed by atoms with Crippen LogP contribution in [0.4, 0.5) is 4.39 Å². The number of aliphatic imine (C=N–C) groups is 2. The van der Waals surface area contributed by atoms with Crippen molar-refractivity contribution >= 4 is 23.1 Å². The van der Waals surface area contributed by atoms with Crippen LogP contribution in [-0.2, 0) is 16.8 Å². The van der Waals surface area contributed by atoms with Gasteiger partial charge in [0.1, 0.15) is 11.9 Å². The highest BCUT2D eigenvalue weighted by Gasteiger charge is 2.60. The Morgan fingerprint density at radius 1 is 1.19 bits per heavy atom. The molecule has 2 N–H and O–H groups in total. The molecule has 1 heterocycles. The maximum Gasteiger partial charge on any atom is 0.184 e. The second-order valence-electron chi connectivity index (χ2n) is 9.06. The summed E-state index contributed by atoms with van der Waals surface area (Å²) in [5, 5.41) is 9.23. The number of rotatable bonds is 2. The lowest BCUT2D eigenvalue weighted by Gasteiger charge is -2.44. The molecule has 0 bridgehead atoms. The van der Waals surface area contributed by atoms with E-state index in [-0.39, 0.29) is 22.1 Å². The zero-order valence-electron chi connectivity index (χ0n) is 18.1. The fourth-order valence-corrected chi connectivity index (χ4v) is 5.91. The van der Waals surface area contributed by atoms with Crippen molar-refractivity contribution in [2.24, 2.45) is 21.1 Å². The third-order valence-electron chi connectivity index (χ3n) is 7.44. The van der Waals surface area contributed by atoms with Crippen LogP contribution in [0.5, 0.6) is 0 Å². The second kappa shape index (κ2) is 7.40. The lowest BCUT2D eigenvalue weighted by Crippen LogP contribution is -2.43. The van der Waals surface area contributed by atoms with E-state index in [0.717, 1.165) is 48.9 Å². The van der Waals surface area contributed by atoms with E-state index >= 15 is 0 Å². The lowest BCUT2D eigenvalue weighted by molar-refractivity contribution is -0.000372. The summed E-state index contributed by atoms with van der Waals surface area (Å²) in [6.45, 7) is 1.91. The molecule has 1 fully saturated rings. The van der Waals surface area contributed by atoms with E-state index in [0.29, 0.717) is 11.4 Å². The topological polar surface area (TPSA) is 83.8 Å². The van der Waals surface area contributed by atoms with Gasteiger partial charge in [-0.2, -0.15) is 5.26 Å². The summed E-state index contributed by atoms with van der Waals surface area (Å²) < 4.78 is 19.7. The molecule has 32 heavy (non-hydrogen) atoms. The summed E-state index contributed by atoms with van der Waals surface area (Å²) >= 11 is 6.07. The molecule has 2 spiro atoms. The highest BCUT2D eigenvalue weighted by molar-refractivity contribution is 6.41. The first kappa shape index (κ1) is 21.1. The molecule has 0 unspecified atom stereocenters. The molecule has 1 aliphatic heterocycles. The van der Waals surface area contributed by atoms with E-state index in [1.165, 1.54) is 11.6 Å². The van der Waals surface area contributed by atoms with Crippen molar-refractivity contribution < 1.29 is 9.13 Å². The van der Waals surface area contributed by atoms with Crippen LogP contribution in [0.3, 0.4) is 0 Å². The smallest absolute Gasteiger partial charge is 0.184 e. The zero-order chi connectivity index (χ0) is 22.7. The number of halogens is 2. The Hall–Kier alpha value is -2.75. The standard InChI is InChI=1S/C25H24ClFN4O/c1-14-23(29)31-25(30-14)20-10-15(17-9-18(13-28)22(27)21(26)11-17)3-4-16(20)12-24(25)7-5-19(32-2)6-8-24/h3-4,9-11,19H,5-8,12H2,1-2H3,(H2,29,31)/t19?,24?,25-/m0/s1. The number of fused-ring (bicyclic) bond motifs is 3. The Morgan fingerprint density at radius 2 is 1.94 bits per heavy atom. The molecule has 5 rings (SSSR count). The summed E-state index contributed by atoms with van der Waals surface area (Å²) in [5.41, 5.74) is 9.80. The number of ether oxygens (including phenoxy) is 1. The Morgan fingerprint density at radius 3 is 2.56 bits per heavy atom. The van der Waals surface area contributed by atoms with E-state index in [1.54, 1.807) is 13.2 Å². The molecule has 0 saturated heterocycles. The molecule has 0 aromatic heterocycles. The molecule has 0 amide bonds. The fourth-order valence-electron chi connectivity index (χ4n) is 5.69. The summed E-state index contributed by atoms with van der Waals surface area (Å²) in [6.07, 6.45) is 4.95. The van der Waals surface area contributed by atoms with Crippen LogP contribution in [0.15, 0.2) is 40.3 Å². The third kappa shape index (κ3) is 2.92. The summed E-state index contributed by atoms with van der Waals surface area (Å²) in [4.78, 5) is 10.1. The van der Waals surface area contributed by atoms with Crippen LogP contribution in [0, 0.1) is 22.6 Å². The SMILES string of the molecule is COC1CCC2(CC1)Cc1ccc(-c3cc(Cl)c(F)c(C#N)c3)cc1[C@@]21N=C(C)C(N)=N1. The van der Waals surface area contributed by atoms with Crippen molar-refractivity contribution in [1.82, 2.24) is 0 Å². The van der Waals surface area contributed by atoms with Crippen molar-refractivity contribution in [3.8, 4) is 17.2 Å². The minimum absolute atomic E-state index is 0.0689. The Labute approximate surface area is 191 Å². The monoisotopic (exact) mass is 450 g/mol. The molecule has 0 radical (unpaired) electrons. The number of nitrogens with zero attached hydrogens (tertiary/aromatic N) is 3. The van der Waals surface area contributed by atoms with E-state index in [2.05, 4.69) is 12.1 Å². The molecule has 5 nitrogen and oxygen atoms in total. The molecule has 2 aromatic carbocycles. The van der Waals surface area contributed by atoms with E-state index in [4.69, 9.17) is 32.1 Å². The largest absolute Gasteiger partial charge is 0.382 e. The quantitative estimate of drug-likeness (QED) is 0.688. The van der Waals surface area contributed by atoms with Gasteiger partial charge in [-0.25, -0.2) is 9.38 Å². The highest BCUT2D eigenvalue weighted by atomic mass is 35.5.